The van der Waals surface area contributed by atoms with E-state index in [4.69, 9.17) is 10.7 Å². The summed E-state index contributed by atoms with van der Waals surface area (Å²) in [6.45, 7) is 9.96. The van der Waals surface area contributed by atoms with E-state index in [0.29, 0.717) is 18.7 Å². The number of aliphatic imine (C=N–C) groups is 1. The second-order valence-electron chi connectivity index (χ2n) is 9.12. The van der Waals surface area contributed by atoms with Crippen LogP contribution in [0.1, 0.15) is 44.7 Å². The van der Waals surface area contributed by atoms with E-state index < -0.39 is 29.8 Å². The summed E-state index contributed by atoms with van der Waals surface area (Å²) in [5, 5.41) is 2.85. The van der Waals surface area contributed by atoms with Crippen LogP contribution in [0.3, 0.4) is 0 Å². The first-order valence-corrected chi connectivity index (χ1v) is 12.0. The molecule has 3 N–H and O–H groups in total. The highest BCUT2D eigenvalue weighted by Gasteiger charge is 2.37. The molecule has 3 amide bonds. The van der Waals surface area contributed by atoms with Gasteiger partial charge in [-0.1, -0.05) is 68.5 Å². The summed E-state index contributed by atoms with van der Waals surface area (Å²) in [5.74, 6) is -2.58. The number of likely N-dealkylation sites (N-methyl/N-ethyl adjacent to an activating group) is 1. The number of hydrogen-bond acceptors (Lipinski definition) is 4. The van der Waals surface area contributed by atoms with Gasteiger partial charge in [-0.2, -0.15) is 0 Å². The number of carbonyl (C=O) groups excluding carboxylic acids is 3. The molecule has 1 aliphatic rings. The van der Waals surface area contributed by atoms with Crippen LogP contribution < -0.4 is 16.0 Å². The molecule has 7 heteroatoms. The second kappa shape index (κ2) is 11.6. The Hall–Kier alpha value is -3.74. The van der Waals surface area contributed by atoms with Gasteiger partial charge in [0.25, 0.3) is 5.91 Å². The molecular formula is C28H34N4O3. The Morgan fingerprint density at radius 2 is 1.77 bits per heavy atom. The van der Waals surface area contributed by atoms with Gasteiger partial charge < -0.3 is 16.0 Å². The van der Waals surface area contributed by atoms with Crippen molar-refractivity contribution in [3.8, 4) is 0 Å². The fourth-order valence-corrected chi connectivity index (χ4v) is 4.54. The number of nitrogens with zero attached hydrogens (tertiary/aromatic N) is 2. The molecule has 0 bridgehead atoms. The van der Waals surface area contributed by atoms with Crippen LogP contribution in [0.4, 0.5) is 5.69 Å². The molecule has 0 spiro atoms. The van der Waals surface area contributed by atoms with E-state index >= 15 is 0 Å². The molecule has 2 aromatic carbocycles. The number of nitrogens with two attached hydrogens (primary N) is 1. The van der Waals surface area contributed by atoms with Crippen LogP contribution >= 0.6 is 0 Å². The van der Waals surface area contributed by atoms with Gasteiger partial charge in [0.1, 0.15) is 0 Å². The summed E-state index contributed by atoms with van der Waals surface area (Å²) in [6.07, 6.45) is 1.18. The zero-order valence-electron chi connectivity index (χ0n) is 20.6. The van der Waals surface area contributed by atoms with Crippen molar-refractivity contribution < 1.29 is 14.4 Å². The highest BCUT2D eigenvalue weighted by atomic mass is 16.2. The number of amides is 3. The van der Waals surface area contributed by atoms with Gasteiger partial charge in [0.15, 0.2) is 0 Å². The van der Waals surface area contributed by atoms with Gasteiger partial charge >= 0.3 is 0 Å². The van der Waals surface area contributed by atoms with Gasteiger partial charge in [-0.3, -0.25) is 14.4 Å². The molecule has 0 fully saturated rings. The van der Waals surface area contributed by atoms with Crippen LogP contribution in [0.25, 0.3) is 0 Å². The number of anilines is 1. The van der Waals surface area contributed by atoms with Crippen LogP contribution in [0.5, 0.6) is 0 Å². The van der Waals surface area contributed by atoms with Crippen molar-refractivity contribution in [3.05, 3.63) is 78.4 Å². The lowest BCUT2D eigenvalue weighted by Crippen LogP contribution is -2.50. The van der Waals surface area contributed by atoms with E-state index in [0.717, 1.165) is 16.8 Å². The van der Waals surface area contributed by atoms with Gasteiger partial charge in [-0.05, 0) is 31.7 Å². The number of rotatable bonds is 10. The summed E-state index contributed by atoms with van der Waals surface area (Å²) < 4.78 is 0. The van der Waals surface area contributed by atoms with E-state index in [-0.39, 0.29) is 18.2 Å². The number of fused-ring (bicyclic) bond motifs is 1. The Bertz CT molecular complexity index is 1110. The smallest absolute Gasteiger partial charge is 0.272 e. The number of carbonyl (C=O) groups is 3. The third kappa shape index (κ3) is 5.85. The van der Waals surface area contributed by atoms with Crippen LogP contribution in [-0.4, -0.2) is 36.1 Å². The lowest BCUT2D eigenvalue weighted by Gasteiger charge is -2.28. The van der Waals surface area contributed by atoms with Crippen molar-refractivity contribution in [2.45, 2.75) is 39.8 Å². The molecule has 0 saturated carbocycles. The fraction of sp³-hybridized carbons (Fsp3) is 0.357. The normalized spacial score (nSPS) is 17.1. The second-order valence-corrected chi connectivity index (χ2v) is 9.12. The molecule has 3 rings (SSSR count). The van der Waals surface area contributed by atoms with Crippen LogP contribution in [-0.2, 0) is 14.4 Å². The van der Waals surface area contributed by atoms with Crippen molar-refractivity contribution in [2.75, 3.05) is 11.4 Å². The predicted molar refractivity (Wildman–Crippen MR) is 139 cm³/mol. The predicted octanol–water partition coefficient (Wildman–Crippen LogP) is 3.67. The maximum atomic E-state index is 13.6. The third-order valence-electron chi connectivity index (χ3n) is 6.18. The van der Waals surface area contributed by atoms with Gasteiger partial charge in [0.2, 0.25) is 18.0 Å². The minimum atomic E-state index is -1.14. The van der Waals surface area contributed by atoms with E-state index in [2.05, 4.69) is 11.9 Å². The first-order valence-electron chi connectivity index (χ1n) is 12.0. The number of benzene rings is 2. The first kappa shape index (κ1) is 25.9. The molecule has 2 aromatic rings. The molecule has 184 valence electrons. The minimum Gasteiger partial charge on any atom is -0.369 e. The van der Waals surface area contributed by atoms with Crippen molar-refractivity contribution >= 4 is 29.1 Å². The topological polar surface area (TPSA) is 105 Å². The lowest BCUT2D eigenvalue weighted by molar-refractivity contribution is -0.135. The van der Waals surface area contributed by atoms with Crippen molar-refractivity contribution in [3.63, 3.8) is 0 Å². The minimum absolute atomic E-state index is 0.141. The quantitative estimate of drug-likeness (QED) is 0.513. The van der Waals surface area contributed by atoms with Crippen molar-refractivity contribution in [1.82, 2.24) is 5.32 Å². The summed E-state index contributed by atoms with van der Waals surface area (Å²) in [7, 11) is 0. The number of para-hydroxylation sites is 1. The molecule has 0 aromatic heterocycles. The Kier molecular flexibility index (Phi) is 8.58. The molecule has 1 unspecified atom stereocenters. The highest BCUT2D eigenvalue weighted by molar-refractivity contribution is 6.20. The number of allylic oxidation sites excluding steroid dienone is 1. The van der Waals surface area contributed by atoms with Crippen molar-refractivity contribution in [1.29, 1.82) is 0 Å². The Labute approximate surface area is 207 Å². The molecule has 1 aliphatic heterocycles. The number of primary amides is 1. The molecule has 1 heterocycles. The van der Waals surface area contributed by atoms with Gasteiger partial charge in [0.05, 0.1) is 23.2 Å². The number of hydrogen-bond donors (Lipinski definition) is 2. The van der Waals surface area contributed by atoms with Crippen LogP contribution in [0.2, 0.25) is 0 Å². The zero-order valence-corrected chi connectivity index (χ0v) is 20.6. The molecule has 35 heavy (non-hydrogen) atoms. The zero-order chi connectivity index (χ0) is 25.5. The van der Waals surface area contributed by atoms with E-state index in [1.807, 2.05) is 75.4 Å². The van der Waals surface area contributed by atoms with E-state index in [9.17, 15) is 14.4 Å². The highest BCUT2D eigenvalue weighted by Crippen LogP contribution is 2.29. The summed E-state index contributed by atoms with van der Waals surface area (Å²) in [5.41, 5.74) is 8.66. The van der Waals surface area contributed by atoms with Crippen LogP contribution in [0.15, 0.2) is 72.2 Å². The fourth-order valence-electron chi connectivity index (χ4n) is 4.54. The molecule has 3 atom stereocenters. The average molecular weight is 475 g/mol. The van der Waals surface area contributed by atoms with Gasteiger partial charge in [-0.25, -0.2) is 4.99 Å². The van der Waals surface area contributed by atoms with E-state index in [1.54, 1.807) is 11.0 Å². The average Bonchev–Trinajstić information content (AvgIpc) is 2.95. The van der Waals surface area contributed by atoms with Gasteiger partial charge in [0, 0.05) is 17.7 Å². The van der Waals surface area contributed by atoms with E-state index in [1.165, 1.54) is 0 Å². The first-order chi connectivity index (χ1) is 16.8. The largest absolute Gasteiger partial charge is 0.369 e. The number of benzodiazepines with no additional fused rings is 1. The molecule has 0 aliphatic carbocycles. The Morgan fingerprint density at radius 3 is 2.37 bits per heavy atom. The molecule has 0 saturated heterocycles. The molecule has 7 nitrogen and oxygen atoms in total. The Balaban J connectivity index is 2.06. The third-order valence-corrected chi connectivity index (χ3v) is 6.18. The summed E-state index contributed by atoms with van der Waals surface area (Å²) >= 11 is 0. The lowest BCUT2D eigenvalue weighted by atomic mass is 9.82. The number of nitrogens with one attached hydrogen (secondary N) is 1. The maximum absolute atomic E-state index is 13.6. The van der Waals surface area contributed by atoms with Gasteiger partial charge in [-0.15, -0.1) is 6.58 Å². The molecular weight excluding hydrogens is 440 g/mol. The summed E-state index contributed by atoms with van der Waals surface area (Å²) in [4.78, 5) is 45.8. The van der Waals surface area contributed by atoms with Crippen LogP contribution in [0, 0.1) is 17.8 Å². The summed E-state index contributed by atoms with van der Waals surface area (Å²) in [6, 6.07) is 17.2. The molecule has 0 radical (unpaired) electrons. The monoisotopic (exact) mass is 474 g/mol. The van der Waals surface area contributed by atoms with Crippen molar-refractivity contribution in [2.24, 2.45) is 28.5 Å². The standard InChI is InChI=1S/C28H34N4O3/c1-5-12-20(25(29)33)22(17-18(3)4)27(34)31-26-28(35)32(6-2)23-16-11-10-15-21(23)24(30-26)19-13-8-7-9-14-19/h5,7-11,13-16,18,20,22,26H,1,6,12,17H2,2-4H3,(H2,29,33)(H,31,34)/t20-,22+,26?/m0/s1. The Morgan fingerprint density at radius 1 is 1.11 bits per heavy atom. The SMILES string of the molecule is C=CC[C@H](C(N)=O)[C@@H](CC(C)C)C(=O)NC1N=C(c2ccccc2)c2ccccc2N(CC)C1=O. The maximum Gasteiger partial charge on any atom is 0.272 e.